The molecule has 39 heavy (non-hydrogen) atoms. The van der Waals surface area contributed by atoms with Crippen LogP contribution in [0.25, 0.3) is 17.8 Å². The lowest BCUT2D eigenvalue weighted by Crippen LogP contribution is -2.20. The highest BCUT2D eigenvalue weighted by Gasteiger charge is 2.34. The number of nitrogens with zero attached hydrogens (tertiary/aromatic N) is 3. The molecule has 0 aliphatic heterocycles. The molecule has 2 heterocycles. The lowest BCUT2D eigenvalue weighted by Gasteiger charge is -2.29. The van der Waals surface area contributed by atoms with E-state index in [4.69, 9.17) is 23.2 Å². The second kappa shape index (κ2) is 10.3. The van der Waals surface area contributed by atoms with Crippen molar-refractivity contribution in [1.82, 2.24) is 9.78 Å². The summed E-state index contributed by atoms with van der Waals surface area (Å²) in [5, 5.41) is 15.9. The van der Waals surface area contributed by atoms with E-state index in [0.29, 0.717) is 27.2 Å². The predicted octanol–water partition coefficient (Wildman–Crippen LogP) is 8.00. The summed E-state index contributed by atoms with van der Waals surface area (Å²) >= 11 is 13.9. The summed E-state index contributed by atoms with van der Waals surface area (Å²) < 4.78 is 30.4. The second-order valence-corrected chi connectivity index (χ2v) is 13.4. The lowest BCUT2D eigenvalue weighted by atomic mass is 9.77. The largest absolute Gasteiger partial charge is 0.269 e. The molecular formula is C29H24Cl2N4O2S2. The van der Waals surface area contributed by atoms with E-state index in [-0.39, 0.29) is 10.3 Å². The Hall–Kier alpha value is -3.35. The molecule has 0 fully saturated rings. The smallest absolute Gasteiger partial charge is 0.262 e. The van der Waals surface area contributed by atoms with Crippen molar-refractivity contribution in [3.63, 3.8) is 0 Å². The average molecular weight is 596 g/mol. The Bertz CT molecular complexity index is 1780. The molecule has 0 saturated carbocycles. The van der Waals surface area contributed by atoms with Crippen LogP contribution < -0.4 is 4.72 Å². The van der Waals surface area contributed by atoms with E-state index in [2.05, 4.69) is 29.7 Å². The number of aromatic nitrogens is 2. The van der Waals surface area contributed by atoms with Gasteiger partial charge in [-0.3, -0.25) is 4.72 Å². The van der Waals surface area contributed by atoms with Crippen molar-refractivity contribution < 1.29 is 8.42 Å². The highest BCUT2D eigenvalue weighted by molar-refractivity contribution is 7.93. The number of nitriles is 1. The quantitative estimate of drug-likeness (QED) is 0.245. The van der Waals surface area contributed by atoms with Crippen molar-refractivity contribution in [1.29, 1.82) is 5.26 Å². The van der Waals surface area contributed by atoms with E-state index in [0.717, 1.165) is 33.0 Å². The molecule has 0 atom stereocenters. The van der Waals surface area contributed by atoms with Gasteiger partial charge in [-0.25, -0.2) is 13.1 Å². The third-order valence-corrected chi connectivity index (χ3v) is 10.1. The molecule has 0 radical (unpaired) electrons. The Morgan fingerprint density at radius 1 is 1.10 bits per heavy atom. The fourth-order valence-electron chi connectivity index (χ4n) is 4.63. The topological polar surface area (TPSA) is 87.8 Å². The summed E-state index contributed by atoms with van der Waals surface area (Å²) in [7, 11) is -3.90. The van der Waals surface area contributed by atoms with Crippen molar-refractivity contribution in [2.24, 2.45) is 0 Å². The van der Waals surface area contributed by atoms with E-state index >= 15 is 0 Å². The van der Waals surface area contributed by atoms with Gasteiger partial charge in [-0.2, -0.15) is 10.4 Å². The molecule has 1 aliphatic rings. The van der Waals surface area contributed by atoms with Crippen LogP contribution in [0, 0.1) is 18.3 Å². The third kappa shape index (κ3) is 5.28. The molecule has 2 aromatic heterocycles. The lowest BCUT2D eigenvalue weighted by molar-refractivity contribution is 0.531. The molecular weight excluding hydrogens is 571 g/mol. The van der Waals surface area contributed by atoms with Gasteiger partial charge in [-0.15, -0.1) is 11.3 Å². The van der Waals surface area contributed by atoms with Gasteiger partial charge < -0.3 is 0 Å². The number of hydrogen-bond donors (Lipinski definition) is 1. The number of halogens is 2. The van der Waals surface area contributed by atoms with Crippen molar-refractivity contribution in [3.8, 4) is 11.8 Å². The number of anilines is 1. The zero-order valence-corrected chi connectivity index (χ0v) is 24.5. The Morgan fingerprint density at radius 2 is 1.79 bits per heavy atom. The van der Waals surface area contributed by atoms with E-state index in [1.165, 1.54) is 35.6 Å². The maximum Gasteiger partial charge on any atom is 0.262 e. The predicted molar refractivity (Wildman–Crippen MR) is 159 cm³/mol. The fourth-order valence-corrected chi connectivity index (χ4v) is 7.62. The van der Waals surface area contributed by atoms with Crippen LogP contribution >= 0.6 is 34.5 Å². The maximum absolute atomic E-state index is 13.0. The first-order chi connectivity index (χ1) is 18.5. The number of sulfonamides is 1. The van der Waals surface area contributed by atoms with Crippen molar-refractivity contribution in [3.05, 3.63) is 104 Å². The minimum absolute atomic E-state index is 0.0730. The van der Waals surface area contributed by atoms with E-state index in [1.54, 1.807) is 4.68 Å². The summed E-state index contributed by atoms with van der Waals surface area (Å²) in [5.74, 6) is 0. The first-order valence-corrected chi connectivity index (χ1v) is 15.1. The highest BCUT2D eigenvalue weighted by Crippen LogP contribution is 2.48. The monoisotopic (exact) mass is 594 g/mol. The number of hydrogen-bond acceptors (Lipinski definition) is 5. The van der Waals surface area contributed by atoms with E-state index in [1.807, 2.05) is 55.5 Å². The molecule has 4 aromatic rings. The van der Waals surface area contributed by atoms with Crippen molar-refractivity contribution in [2.75, 3.05) is 4.72 Å². The molecule has 0 bridgehead atoms. The summed E-state index contributed by atoms with van der Waals surface area (Å²) in [6.45, 7) is 6.09. The Kier molecular flexibility index (Phi) is 7.21. The molecule has 2 aromatic carbocycles. The third-order valence-electron chi connectivity index (χ3n) is 6.51. The van der Waals surface area contributed by atoms with Gasteiger partial charge in [0.25, 0.3) is 10.0 Å². The molecule has 198 valence electrons. The van der Waals surface area contributed by atoms with Gasteiger partial charge in [0, 0.05) is 26.4 Å². The Balaban J connectivity index is 1.50. The fraction of sp³-hybridized carbons (Fsp3) is 0.172. The van der Waals surface area contributed by atoms with Gasteiger partial charge in [-0.05, 0) is 67.5 Å². The second-order valence-electron chi connectivity index (χ2n) is 9.87. The molecule has 5 rings (SSSR count). The summed E-state index contributed by atoms with van der Waals surface area (Å²) in [6.07, 6.45) is 6.59. The summed E-state index contributed by atoms with van der Waals surface area (Å²) in [6, 6.07) is 17.8. The number of fused-ring (bicyclic) bond motifs is 1. The van der Waals surface area contributed by atoms with Crippen LogP contribution in [0.1, 0.15) is 47.5 Å². The van der Waals surface area contributed by atoms with Gasteiger partial charge in [0.1, 0.15) is 16.2 Å². The minimum atomic E-state index is -3.90. The van der Waals surface area contributed by atoms with E-state index < -0.39 is 10.0 Å². The highest BCUT2D eigenvalue weighted by atomic mass is 35.5. The summed E-state index contributed by atoms with van der Waals surface area (Å²) in [4.78, 5) is 1.03. The van der Waals surface area contributed by atoms with Gasteiger partial charge >= 0.3 is 0 Å². The number of thiophene rings is 1. The zero-order chi connectivity index (χ0) is 27.9. The van der Waals surface area contributed by atoms with Crippen LogP contribution in [0.5, 0.6) is 0 Å². The first-order valence-electron chi connectivity index (χ1n) is 12.0. The SMILES string of the molecule is Cc1nn(-c2ccccc2)c(Cl)c1/C=C\C1=Cc2c(sc(NS(=O)(=O)c3ccc(Cl)cc3)c2C#N)C(C)(C)C1. The van der Waals surface area contributed by atoms with Gasteiger partial charge in [0.15, 0.2) is 0 Å². The van der Waals surface area contributed by atoms with Crippen LogP contribution in [-0.2, 0) is 15.4 Å². The van der Waals surface area contributed by atoms with Crippen LogP contribution in [0.15, 0.2) is 71.1 Å². The van der Waals surface area contributed by atoms with Gasteiger partial charge in [0.05, 0.1) is 21.8 Å². The molecule has 0 spiro atoms. The standard InChI is InChI=1S/C29H24Cl2N4O2S2/c1-18-23(27(31)35(33-18)21-7-5-4-6-8-21)14-9-19-15-24-25(17-32)28(38-26(24)29(2,3)16-19)34-39(36,37)22-12-10-20(30)11-13-22/h4-15,34H,16H2,1-3H3/b14-9-. The van der Waals surface area contributed by atoms with E-state index in [9.17, 15) is 13.7 Å². The molecule has 0 unspecified atom stereocenters. The number of aryl methyl sites for hydroxylation is 1. The molecule has 1 aliphatic carbocycles. The number of para-hydroxylation sites is 1. The number of benzene rings is 2. The number of allylic oxidation sites excluding steroid dienone is 2. The Labute approximate surface area is 241 Å². The van der Waals surface area contributed by atoms with Crippen LogP contribution in [-0.4, -0.2) is 18.2 Å². The van der Waals surface area contributed by atoms with Crippen molar-refractivity contribution >= 4 is 61.7 Å². The van der Waals surface area contributed by atoms with Gasteiger partial charge in [-0.1, -0.05) is 61.3 Å². The van der Waals surface area contributed by atoms with Crippen LogP contribution in [0.2, 0.25) is 10.2 Å². The molecule has 0 saturated heterocycles. The van der Waals surface area contributed by atoms with Crippen LogP contribution in [0.3, 0.4) is 0 Å². The normalized spacial score (nSPS) is 14.6. The number of rotatable bonds is 6. The average Bonchev–Trinajstić information content (AvgIpc) is 3.39. The zero-order valence-electron chi connectivity index (χ0n) is 21.4. The number of nitrogens with one attached hydrogen (secondary N) is 1. The Morgan fingerprint density at radius 3 is 2.46 bits per heavy atom. The van der Waals surface area contributed by atoms with Gasteiger partial charge in [0.2, 0.25) is 0 Å². The molecule has 6 nitrogen and oxygen atoms in total. The maximum atomic E-state index is 13.0. The van der Waals surface area contributed by atoms with Crippen LogP contribution in [0.4, 0.5) is 5.00 Å². The van der Waals surface area contributed by atoms with Crippen molar-refractivity contribution in [2.45, 2.75) is 37.5 Å². The molecule has 10 heteroatoms. The first kappa shape index (κ1) is 27.2. The minimum Gasteiger partial charge on any atom is -0.269 e. The molecule has 0 amide bonds. The summed E-state index contributed by atoms with van der Waals surface area (Å²) in [5.41, 5.74) is 4.19. The molecule has 1 N–H and O–H groups in total.